The molecule has 5 nitrogen and oxygen atoms in total. The van der Waals surface area contributed by atoms with Crippen LogP contribution in [0.15, 0.2) is 24.3 Å². The zero-order chi connectivity index (χ0) is 13.7. The number of hydrogen-bond donors (Lipinski definition) is 2. The molecule has 0 aromatic heterocycles. The third-order valence-corrected chi connectivity index (χ3v) is 3.22. The molecule has 1 aliphatic rings. The van der Waals surface area contributed by atoms with E-state index >= 15 is 0 Å². The second kappa shape index (κ2) is 6.43. The summed E-state index contributed by atoms with van der Waals surface area (Å²) in [7, 11) is 1.96. The van der Waals surface area contributed by atoms with Crippen molar-refractivity contribution in [2.24, 2.45) is 0 Å². The fraction of sp³-hybridized carbons (Fsp3) is 0.500. The first kappa shape index (κ1) is 13.7. The van der Waals surface area contributed by atoms with E-state index in [1.54, 1.807) is 0 Å². The van der Waals surface area contributed by atoms with Crippen LogP contribution in [0.2, 0.25) is 0 Å². The van der Waals surface area contributed by atoms with Gasteiger partial charge in [-0.15, -0.1) is 0 Å². The summed E-state index contributed by atoms with van der Waals surface area (Å²) in [6, 6.07) is 8.37. The van der Waals surface area contributed by atoms with Crippen molar-refractivity contribution in [3.63, 3.8) is 0 Å². The molecule has 1 fully saturated rings. The van der Waals surface area contributed by atoms with Gasteiger partial charge < -0.3 is 20.1 Å². The van der Waals surface area contributed by atoms with Crippen LogP contribution in [0.5, 0.6) is 5.75 Å². The predicted octanol–water partition coefficient (Wildman–Crippen LogP) is 1.84. The SMILES string of the molecule is CCC(NC)c1ccc(OCC2CNC(=O)O2)cc1. The molecule has 2 rings (SSSR count). The normalized spacial score (nSPS) is 19.7. The molecule has 0 spiro atoms. The Labute approximate surface area is 113 Å². The Morgan fingerprint density at radius 2 is 2.21 bits per heavy atom. The zero-order valence-electron chi connectivity index (χ0n) is 11.3. The molecule has 1 amide bonds. The van der Waals surface area contributed by atoms with Crippen molar-refractivity contribution in [1.82, 2.24) is 10.6 Å². The van der Waals surface area contributed by atoms with E-state index in [9.17, 15) is 4.79 Å². The summed E-state index contributed by atoms with van der Waals surface area (Å²) in [6.07, 6.45) is 0.469. The molecule has 0 saturated carbocycles. The summed E-state index contributed by atoms with van der Waals surface area (Å²) in [4.78, 5) is 10.9. The van der Waals surface area contributed by atoms with E-state index in [0.717, 1.165) is 12.2 Å². The van der Waals surface area contributed by atoms with E-state index in [2.05, 4.69) is 29.7 Å². The summed E-state index contributed by atoms with van der Waals surface area (Å²) >= 11 is 0. The highest BCUT2D eigenvalue weighted by Gasteiger charge is 2.22. The number of alkyl carbamates (subject to hydrolysis) is 1. The third kappa shape index (κ3) is 3.61. The number of carbonyl (C=O) groups excluding carboxylic acids is 1. The topological polar surface area (TPSA) is 59.6 Å². The van der Waals surface area contributed by atoms with Crippen LogP contribution in [-0.2, 0) is 4.74 Å². The minimum Gasteiger partial charge on any atom is -0.490 e. The lowest BCUT2D eigenvalue weighted by atomic mass is 10.0. The molecular formula is C14H20N2O3. The molecular weight excluding hydrogens is 244 g/mol. The lowest BCUT2D eigenvalue weighted by Gasteiger charge is -2.15. The molecule has 1 saturated heterocycles. The minimum absolute atomic E-state index is 0.201. The average Bonchev–Trinajstić information content (AvgIpc) is 2.85. The Balaban J connectivity index is 1.86. The molecule has 104 valence electrons. The van der Waals surface area contributed by atoms with Gasteiger partial charge in [0.15, 0.2) is 6.10 Å². The van der Waals surface area contributed by atoms with Gasteiger partial charge in [-0.05, 0) is 31.2 Å². The van der Waals surface area contributed by atoms with Crippen LogP contribution < -0.4 is 15.4 Å². The molecule has 0 bridgehead atoms. The van der Waals surface area contributed by atoms with E-state index in [0.29, 0.717) is 19.2 Å². The van der Waals surface area contributed by atoms with Crippen molar-refractivity contribution in [2.45, 2.75) is 25.5 Å². The van der Waals surface area contributed by atoms with Crippen molar-refractivity contribution in [2.75, 3.05) is 20.2 Å². The second-order valence-electron chi connectivity index (χ2n) is 4.54. The van der Waals surface area contributed by atoms with Crippen LogP contribution in [0, 0.1) is 0 Å². The zero-order valence-corrected chi connectivity index (χ0v) is 11.3. The highest BCUT2D eigenvalue weighted by atomic mass is 16.6. The lowest BCUT2D eigenvalue weighted by molar-refractivity contribution is 0.105. The summed E-state index contributed by atoms with van der Waals surface area (Å²) in [6.45, 7) is 3.03. The smallest absolute Gasteiger partial charge is 0.407 e. The number of rotatable bonds is 6. The van der Waals surface area contributed by atoms with Crippen LogP contribution in [-0.4, -0.2) is 32.4 Å². The molecule has 1 aliphatic heterocycles. The molecule has 5 heteroatoms. The number of ether oxygens (including phenoxy) is 2. The van der Waals surface area contributed by atoms with Crippen LogP contribution in [0.1, 0.15) is 24.9 Å². The van der Waals surface area contributed by atoms with E-state index in [1.165, 1.54) is 5.56 Å². The first-order valence-electron chi connectivity index (χ1n) is 6.57. The van der Waals surface area contributed by atoms with Gasteiger partial charge in [-0.3, -0.25) is 0 Å². The van der Waals surface area contributed by atoms with Gasteiger partial charge in [0.25, 0.3) is 0 Å². The summed E-state index contributed by atoms with van der Waals surface area (Å²) < 4.78 is 10.6. The van der Waals surface area contributed by atoms with Crippen LogP contribution >= 0.6 is 0 Å². The quantitative estimate of drug-likeness (QED) is 0.823. The van der Waals surface area contributed by atoms with Gasteiger partial charge in [-0.2, -0.15) is 0 Å². The summed E-state index contributed by atoms with van der Waals surface area (Å²) in [5, 5.41) is 5.86. The number of benzene rings is 1. The predicted molar refractivity (Wildman–Crippen MR) is 72.3 cm³/mol. The third-order valence-electron chi connectivity index (χ3n) is 3.22. The van der Waals surface area contributed by atoms with Crippen LogP contribution in [0.3, 0.4) is 0 Å². The maximum absolute atomic E-state index is 10.9. The Hall–Kier alpha value is -1.75. The van der Waals surface area contributed by atoms with E-state index < -0.39 is 0 Å². The molecule has 2 N–H and O–H groups in total. The fourth-order valence-electron chi connectivity index (χ4n) is 2.12. The highest BCUT2D eigenvalue weighted by Crippen LogP contribution is 2.20. The lowest BCUT2D eigenvalue weighted by Crippen LogP contribution is -2.22. The van der Waals surface area contributed by atoms with Crippen molar-refractivity contribution >= 4 is 6.09 Å². The minimum atomic E-state index is -0.372. The van der Waals surface area contributed by atoms with Gasteiger partial charge >= 0.3 is 6.09 Å². The van der Waals surface area contributed by atoms with Crippen molar-refractivity contribution in [3.05, 3.63) is 29.8 Å². The maximum atomic E-state index is 10.9. The monoisotopic (exact) mass is 264 g/mol. The number of nitrogens with one attached hydrogen (secondary N) is 2. The molecule has 19 heavy (non-hydrogen) atoms. The van der Waals surface area contributed by atoms with E-state index in [-0.39, 0.29) is 12.2 Å². The molecule has 2 atom stereocenters. The van der Waals surface area contributed by atoms with Crippen molar-refractivity contribution < 1.29 is 14.3 Å². The first-order valence-corrected chi connectivity index (χ1v) is 6.57. The largest absolute Gasteiger partial charge is 0.490 e. The molecule has 0 aliphatic carbocycles. The van der Waals surface area contributed by atoms with Crippen LogP contribution in [0.4, 0.5) is 4.79 Å². The highest BCUT2D eigenvalue weighted by molar-refractivity contribution is 5.69. The van der Waals surface area contributed by atoms with Gasteiger partial charge in [-0.25, -0.2) is 4.79 Å². The summed E-state index contributed by atoms with van der Waals surface area (Å²) in [5.41, 5.74) is 1.24. The molecule has 0 radical (unpaired) electrons. The Morgan fingerprint density at radius 1 is 1.47 bits per heavy atom. The number of carbonyl (C=O) groups is 1. The van der Waals surface area contributed by atoms with E-state index in [4.69, 9.17) is 9.47 Å². The molecule has 1 aromatic carbocycles. The Bertz CT molecular complexity index is 415. The number of hydrogen-bond acceptors (Lipinski definition) is 4. The average molecular weight is 264 g/mol. The molecule has 1 heterocycles. The Morgan fingerprint density at radius 3 is 2.74 bits per heavy atom. The van der Waals surface area contributed by atoms with Gasteiger partial charge in [0.1, 0.15) is 12.4 Å². The number of cyclic esters (lactones) is 1. The van der Waals surface area contributed by atoms with Crippen molar-refractivity contribution in [3.8, 4) is 5.75 Å². The van der Waals surface area contributed by atoms with Gasteiger partial charge in [0.05, 0.1) is 6.54 Å². The Kier molecular flexibility index (Phi) is 4.63. The first-order chi connectivity index (χ1) is 9.22. The van der Waals surface area contributed by atoms with Crippen LogP contribution in [0.25, 0.3) is 0 Å². The van der Waals surface area contributed by atoms with Gasteiger partial charge in [0, 0.05) is 6.04 Å². The fourth-order valence-corrected chi connectivity index (χ4v) is 2.12. The van der Waals surface area contributed by atoms with E-state index in [1.807, 2.05) is 19.2 Å². The maximum Gasteiger partial charge on any atom is 0.407 e. The number of amides is 1. The standard InChI is InChI=1S/C14H20N2O3/c1-3-13(15-2)10-4-6-11(7-5-10)18-9-12-8-16-14(17)19-12/h4-7,12-13,15H,3,8-9H2,1-2H3,(H,16,17). The second-order valence-corrected chi connectivity index (χ2v) is 4.54. The van der Waals surface area contributed by atoms with Gasteiger partial charge in [0.2, 0.25) is 0 Å². The summed E-state index contributed by atoms with van der Waals surface area (Å²) in [5.74, 6) is 0.789. The molecule has 1 aromatic rings. The van der Waals surface area contributed by atoms with Crippen molar-refractivity contribution in [1.29, 1.82) is 0 Å². The van der Waals surface area contributed by atoms with Gasteiger partial charge in [-0.1, -0.05) is 19.1 Å². The molecule has 2 unspecified atom stereocenters.